The molecule has 2 heterocycles. The van der Waals surface area contributed by atoms with E-state index in [-0.39, 0.29) is 0 Å². The number of anilines is 1. The first-order valence-electron chi connectivity index (χ1n) is 7.67. The summed E-state index contributed by atoms with van der Waals surface area (Å²) in [7, 11) is 0. The topological polar surface area (TPSA) is 42.2 Å². The molecule has 2 N–H and O–H groups in total. The van der Waals surface area contributed by atoms with Gasteiger partial charge in [0.1, 0.15) is 5.82 Å². The molecule has 1 aliphatic heterocycles. The SMILES string of the molecule is CC1CCC(C)N(c2nc3c(cc2CN)CCC3)C1. The van der Waals surface area contributed by atoms with Gasteiger partial charge in [0.2, 0.25) is 0 Å². The van der Waals surface area contributed by atoms with Crippen LogP contribution in [-0.2, 0) is 19.4 Å². The molecular formula is C16H25N3. The minimum Gasteiger partial charge on any atom is -0.353 e. The first kappa shape index (κ1) is 12.9. The highest BCUT2D eigenvalue weighted by Crippen LogP contribution is 2.32. The van der Waals surface area contributed by atoms with Crippen molar-refractivity contribution in [2.24, 2.45) is 11.7 Å². The minimum atomic E-state index is 0.591. The van der Waals surface area contributed by atoms with E-state index >= 15 is 0 Å². The van der Waals surface area contributed by atoms with Gasteiger partial charge in [0.25, 0.3) is 0 Å². The summed E-state index contributed by atoms with van der Waals surface area (Å²) in [6, 6.07) is 2.91. The molecule has 2 aliphatic rings. The van der Waals surface area contributed by atoms with Gasteiger partial charge in [0, 0.05) is 30.4 Å². The van der Waals surface area contributed by atoms with E-state index in [0.717, 1.165) is 18.9 Å². The molecule has 1 aromatic heterocycles. The number of aromatic nitrogens is 1. The molecular weight excluding hydrogens is 234 g/mol. The number of hydrogen-bond acceptors (Lipinski definition) is 3. The zero-order chi connectivity index (χ0) is 13.4. The Morgan fingerprint density at radius 2 is 2.16 bits per heavy atom. The van der Waals surface area contributed by atoms with Crippen LogP contribution in [0.4, 0.5) is 5.82 Å². The predicted octanol–water partition coefficient (Wildman–Crippen LogP) is 2.65. The smallest absolute Gasteiger partial charge is 0.133 e. The lowest BCUT2D eigenvalue weighted by molar-refractivity contribution is 0.387. The molecule has 1 aromatic rings. The number of pyridine rings is 1. The molecule has 0 bridgehead atoms. The van der Waals surface area contributed by atoms with Gasteiger partial charge in [0.05, 0.1) is 0 Å². The highest BCUT2D eigenvalue weighted by molar-refractivity contribution is 5.52. The lowest BCUT2D eigenvalue weighted by Crippen LogP contribution is -2.42. The molecule has 0 radical (unpaired) electrons. The second-order valence-corrected chi connectivity index (χ2v) is 6.32. The Hall–Kier alpha value is -1.09. The van der Waals surface area contributed by atoms with Crippen LogP contribution in [0.1, 0.15) is 49.9 Å². The van der Waals surface area contributed by atoms with Crippen LogP contribution in [0.25, 0.3) is 0 Å². The Labute approximate surface area is 116 Å². The summed E-state index contributed by atoms with van der Waals surface area (Å²) in [5, 5.41) is 0. The van der Waals surface area contributed by atoms with Crippen molar-refractivity contribution in [1.29, 1.82) is 0 Å². The predicted molar refractivity (Wildman–Crippen MR) is 79.4 cm³/mol. The Morgan fingerprint density at radius 3 is 2.95 bits per heavy atom. The molecule has 0 saturated carbocycles. The minimum absolute atomic E-state index is 0.591. The van der Waals surface area contributed by atoms with Crippen LogP contribution < -0.4 is 10.6 Å². The first-order chi connectivity index (χ1) is 9.19. The van der Waals surface area contributed by atoms with Crippen molar-refractivity contribution in [3.8, 4) is 0 Å². The second-order valence-electron chi connectivity index (χ2n) is 6.32. The molecule has 1 saturated heterocycles. The van der Waals surface area contributed by atoms with Crippen LogP contribution in [-0.4, -0.2) is 17.6 Å². The van der Waals surface area contributed by atoms with Crippen molar-refractivity contribution in [2.75, 3.05) is 11.4 Å². The average molecular weight is 259 g/mol. The molecule has 0 aromatic carbocycles. The van der Waals surface area contributed by atoms with Crippen molar-refractivity contribution in [3.05, 3.63) is 22.9 Å². The van der Waals surface area contributed by atoms with Crippen molar-refractivity contribution in [1.82, 2.24) is 4.98 Å². The van der Waals surface area contributed by atoms with E-state index in [0.29, 0.717) is 12.6 Å². The molecule has 0 spiro atoms. The molecule has 3 rings (SSSR count). The van der Waals surface area contributed by atoms with Gasteiger partial charge in [-0.1, -0.05) is 6.92 Å². The standard InChI is InChI=1S/C16H25N3/c1-11-6-7-12(2)19(10-11)16-14(9-17)8-13-4-3-5-15(13)18-16/h8,11-12H,3-7,9-10,17H2,1-2H3. The van der Waals surface area contributed by atoms with Crippen LogP contribution in [0.2, 0.25) is 0 Å². The summed E-state index contributed by atoms with van der Waals surface area (Å²) < 4.78 is 0. The van der Waals surface area contributed by atoms with E-state index in [9.17, 15) is 0 Å². The Balaban J connectivity index is 1.98. The molecule has 19 heavy (non-hydrogen) atoms. The summed E-state index contributed by atoms with van der Waals surface area (Å²) in [6.07, 6.45) is 6.18. The summed E-state index contributed by atoms with van der Waals surface area (Å²) in [5.41, 5.74) is 9.95. The Morgan fingerprint density at radius 1 is 1.32 bits per heavy atom. The number of aryl methyl sites for hydroxylation is 2. The van der Waals surface area contributed by atoms with Gasteiger partial charge < -0.3 is 10.6 Å². The maximum atomic E-state index is 5.96. The van der Waals surface area contributed by atoms with Crippen molar-refractivity contribution in [3.63, 3.8) is 0 Å². The fourth-order valence-electron chi connectivity index (χ4n) is 3.49. The highest BCUT2D eigenvalue weighted by atomic mass is 15.2. The fourth-order valence-corrected chi connectivity index (χ4v) is 3.49. The lowest BCUT2D eigenvalue weighted by atomic mass is 9.94. The van der Waals surface area contributed by atoms with Crippen LogP contribution in [0.3, 0.4) is 0 Å². The van der Waals surface area contributed by atoms with E-state index < -0.39 is 0 Å². The Bertz CT molecular complexity index is 469. The van der Waals surface area contributed by atoms with Crippen molar-refractivity contribution >= 4 is 5.82 Å². The summed E-state index contributed by atoms with van der Waals surface area (Å²) in [4.78, 5) is 7.47. The number of fused-ring (bicyclic) bond motifs is 1. The third-order valence-electron chi connectivity index (χ3n) is 4.72. The van der Waals surface area contributed by atoms with Gasteiger partial charge in [0.15, 0.2) is 0 Å². The fraction of sp³-hybridized carbons (Fsp3) is 0.688. The third kappa shape index (κ3) is 2.36. The number of nitrogens with two attached hydrogens (primary N) is 1. The van der Waals surface area contributed by atoms with Crippen LogP contribution in [0.5, 0.6) is 0 Å². The lowest BCUT2D eigenvalue weighted by Gasteiger charge is -2.39. The number of hydrogen-bond donors (Lipinski definition) is 1. The van der Waals surface area contributed by atoms with Gasteiger partial charge in [-0.25, -0.2) is 4.98 Å². The van der Waals surface area contributed by atoms with E-state index in [2.05, 4.69) is 24.8 Å². The van der Waals surface area contributed by atoms with Crippen molar-refractivity contribution < 1.29 is 0 Å². The number of rotatable bonds is 2. The molecule has 3 nitrogen and oxygen atoms in total. The maximum absolute atomic E-state index is 5.96. The number of nitrogens with zero attached hydrogens (tertiary/aromatic N) is 2. The molecule has 3 heteroatoms. The highest BCUT2D eigenvalue weighted by Gasteiger charge is 2.27. The quantitative estimate of drug-likeness (QED) is 0.888. The van der Waals surface area contributed by atoms with E-state index in [1.54, 1.807) is 0 Å². The van der Waals surface area contributed by atoms with Crippen LogP contribution >= 0.6 is 0 Å². The van der Waals surface area contributed by atoms with Gasteiger partial charge in [-0.3, -0.25) is 0 Å². The van der Waals surface area contributed by atoms with E-state index in [1.165, 1.54) is 48.3 Å². The largest absolute Gasteiger partial charge is 0.353 e. The first-order valence-corrected chi connectivity index (χ1v) is 7.67. The zero-order valence-corrected chi connectivity index (χ0v) is 12.2. The van der Waals surface area contributed by atoms with Crippen LogP contribution in [0.15, 0.2) is 6.07 Å². The van der Waals surface area contributed by atoms with Gasteiger partial charge in [-0.05, 0) is 56.6 Å². The molecule has 2 unspecified atom stereocenters. The summed E-state index contributed by atoms with van der Waals surface area (Å²) in [6.45, 7) is 6.39. The molecule has 1 aliphatic carbocycles. The summed E-state index contributed by atoms with van der Waals surface area (Å²) in [5.74, 6) is 1.93. The number of piperidine rings is 1. The van der Waals surface area contributed by atoms with Crippen molar-refractivity contribution in [2.45, 2.75) is 58.5 Å². The Kier molecular flexibility index (Phi) is 3.48. The van der Waals surface area contributed by atoms with E-state index in [1.807, 2.05) is 0 Å². The third-order valence-corrected chi connectivity index (χ3v) is 4.72. The molecule has 104 valence electrons. The molecule has 0 amide bonds. The van der Waals surface area contributed by atoms with Gasteiger partial charge >= 0.3 is 0 Å². The summed E-state index contributed by atoms with van der Waals surface area (Å²) >= 11 is 0. The van der Waals surface area contributed by atoms with Gasteiger partial charge in [-0.15, -0.1) is 0 Å². The second kappa shape index (κ2) is 5.12. The van der Waals surface area contributed by atoms with Crippen LogP contribution in [0, 0.1) is 5.92 Å². The van der Waals surface area contributed by atoms with Gasteiger partial charge in [-0.2, -0.15) is 0 Å². The normalized spacial score (nSPS) is 26.6. The monoisotopic (exact) mass is 259 g/mol. The average Bonchev–Trinajstić information content (AvgIpc) is 2.87. The zero-order valence-electron chi connectivity index (χ0n) is 12.2. The van der Waals surface area contributed by atoms with E-state index in [4.69, 9.17) is 10.7 Å². The molecule has 2 atom stereocenters. The molecule has 1 fully saturated rings. The maximum Gasteiger partial charge on any atom is 0.133 e.